The molecule has 194 valence electrons. The van der Waals surface area contributed by atoms with Gasteiger partial charge in [0.15, 0.2) is 0 Å². The molecule has 1 saturated carbocycles. The van der Waals surface area contributed by atoms with E-state index in [0.717, 1.165) is 47.9 Å². The highest BCUT2D eigenvalue weighted by atomic mass is 35.5. The number of hydrogen-bond donors (Lipinski definition) is 1. The van der Waals surface area contributed by atoms with Crippen LogP contribution in [0, 0.1) is 13.8 Å². The smallest absolute Gasteiger partial charge is 0.243 e. The van der Waals surface area contributed by atoms with Gasteiger partial charge in [-0.1, -0.05) is 90.6 Å². The quantitative estimate of drug-likeness (QED) is 0.325. The normalized spacial score (nSPS) is 14.4. The molecule has 0 aromatic heterocycles. The lowest BCUT2D eigenvalue weighted by Gasteiger charge is -2.32. The number of rotatable bonds is 9. The molecule has 1 fully saturated rings. The molecule has 4 rings (SSSR count). The second-order valence-corrected chi connectivity index (χ2v) is 10.9. The fourth-order valence-corrected chi connectivity index (χ4v) is 5.27. The number of halogens is 2. The number of benzene rings is 3. The summed E-state index contributed by atoms with van der Waals surface area (Å²) >= 11 is 12.5. The molecule has 0 heterocycles. The van der Waals surface area contributed by atoms with E-state index in [0.29, 0.717) is 16.5 Å². The van der Waals surface area contributed by atoms with Crippen LogP contribution in [0.3, 0.4) is 0 Å². The van der Waals surface area contributed by atoms with E-state index in [4.69, 9.17) is 23.2 Å². The summed E-state index contributed by atoms with van der Waals surface area (Å²) in [7, 11) is 0. The molecule has 1 aliphatic carbocycles. The van der Waals surface area contributed by atoms with Crippen molar-refractivity contribution in [1.82, 2.24) is 10.2 Å². The van der Waals surface area contributed by atoms with Crippen LogP contribution >= 0.6 is 23.2 Å². The summed E-state index contributed by atoms with van der Waals surface area (Å²) in [5.41, 5.74) is 5.09. The number of nitrogens with one attached hydrogen (secondary N) is 1. The van der Waals surface area contributed by atoms with Crippen LogP contribution in [0.2, 0.25) is 10.0 Å². The van der Waals surface area contributed by atoms with E-state index in [1.165, 1.54) is 5.56 Å². The zero-order valence-electron chi connectivity index (χ0n) is 21.5. The van der Waals surface area contributed by atoms with Crippen LogP contribution in [-0.2, 0) is 29.0 Å². The summed E-state index contributed by atoms with van der Waals surface area (Å²) in [5.74, 6) is -0.207. The van der Waals surface area contributed by atoms with Gasteiger partial charge in [-0.25, -0.2) is 0 Å². The van der Waals surface area contributed by atoms with Gasteiger partial charge in [0.25, 0.3) is 0 Å². The monoisotopic (exact) mass is 536 g/mol. The minimum absolute atomic E-state index is 0.100. The number of hydrogen-bond acceptors (Lipinski definition) is 2. The molecular weight excluding hydrogens is 503 g/mol. The minimum Gasteiger partial charge on any atom is -0.352 e. The minimum atomic E-state index is -0.656. The number of carbonyl (C=O) groups is 2. The molecule has 3 aromatic carbocycles. The average molecular weight is 538 g/mol. The van der Waals surface area contributed by atoms with Crippen LogP contribution in [-0.4, -0.2) is 28.8 Å². The molecular formula is C31H34Cl2N2O2. The molecule has 0 bridgehead atoms. The summed E-state index contributed by atoms with van der Waals surface area (Å²) in [6.45, 7) is 4.36. The van der Waals surface area contributed by atoms with Crippen LogP contribution < -0.4 is 5.32 Å². The van der Waals surface area contributed by atoms with Gasteiger partial charge in [0.05, 0.1) is 16.5 Å². The van der Waals surface area contributed by atoms with Gasteiger partial charge >= 0.3 is 0 Å². The Hall–Kier alpha value is -2.82. The molecule has 1 N–H and O–H groups in total. The Bertz CT molecular complexity index is 1240. The van der Waals surface area contributed by atoms with E-state index < -0.39 is 6.04 Å². The highest BCUT2D eigenvalue weighted by molar-refractivity contribution is 6.42. The van der Waals surface area contributed by atoms with E-state index in [-0.39, 0.29) is 30.8 Å². The van der Waals surface area contributed by atoms with E-state index in [2.05, 4.69) is 18.3 Å². The Morgan fingerprint density at radius 3 is 2.24 bits per heavy atom. The first kappa shape index (κ1) is 27.2. The van der Waals surface area contributed by atoms with E-state index in [1.807, 2.05) is 55.5 Å². The third-order valence-corrected chi connectivity index (χ3v) is 7.98. The van der Waals surface area contributed by atoms with E-state index >= 15 is 0 Å². The zero-order valence-corrected chi connectivity index (χ0v) is 23.0. The van der Waals surface area contributed by atoms with Crippen molar-refractivity contribution in [2.24, 2.45) is 0 Å². The predicted octanol–water partition coefficient (Wildman–Crippen LogP) is 6.85. The number of amides is 2. The van der Waals surface area contributed by atoms with Crippen molar-refractivity contribution in [2.45, 2.75) is 71.0 Å². The first-order valence-corrected chi connectivity index (χ1v) is 13.7. The fourth-order valence-electron chi connectivity index (χ4n) is 4.95. The predicted molar refractivity (Wildman–Crippen MR) is 151 cm³/mol. The number of nitrogens with zero attached hydrogens (tertiary/aromatic N) is 1. The van der Waals surface area contributed by atoms with Crippen molar-refractivity contribution in [3.05, 3.63) is 105 Å². The van der Waals surface area contributed by atoms with E-state index in [9.17, 15) is 9.59 Å². The van der Waals surface area contributed by atoms with Crippen LogP contribution in [0.25, 0.3) is 0 Å². The molecule has 0 aliphatic heterocycles. The maximum Gasteiger partial charge on any atom is 0.243 e. The number of aryl methyl sites for hydroxylation is 2. The summed E-state index contributed by atoms with van der Waals surface area (Å²) in [6.07, 6.45) is 4.84. The SMILES string of the molecule is Cc1ccc(CC(=O)N(Cc2ccc(Cl)c(Cl)c2)[C@@H](Cc2ccccc2)C(=O)NC2CCCC2)cc1C. The molecule has 0 radical (unpaired) electrons. The van der Waals surface area contributed by atoms with Crippen molar-refractivity contribution in [1.29, 1.82) is 0 Å². The zero-order chi connectivity index (χ0) is 26.4. The molecule has 2 amide bonds. The first-order valence-electron chi connectivity index (χ1n) is 12.9. The molecule has 4 nitrogen and oxygen atoms in total. The third kappa shape index (κ3) is 7.37. The molecule has 1 atom stereocenters. The first-order chi connectivity index (χ1) is 17.8. The van der Waals surface area contributed by atoms with Crippen LogP contribution in [0.5, 0.6) is 0 Å². The average Bonchev–Trinajstić information content (AvgIpc) is 3.39. The van der Waals surface area contributed by atoms with Gasteiger partial charge in [-0.15, -0.1) is 0 Å². The third-order valence-electron chi connectivity index (χ3n) is 7.24. The van der Waals surface area contributed by atoms with Gasteiger partial charge in [-0.05, 0) is 66.6 Å². The summed E-state index contributed by atoms with van der Waals surface area (Å²) in [6, 6.07) is 20.8. The van der Waals surface area contributed by atoms with Gasteiger partial charge in [0.2, 0.25) is 11.8 Å². The van der Waals surface area contributed by atoms with Crippen LogP contribution in [0.15, 0.2) is 66.7 Å². The Labute approximate surface area is 230 Å². The Morgan fingerprint density at radius 1 is 0.865 bits per heavy atom. The lowest BCUT2D eigenvalue weighted by Crippen LogP contribution is -2.52. The highest BCUT2D eigenvalue weighted by Crippen LogP contribution is 2.25. The van der Waals surface area contributed by atoms with Gasteiger partial charge in [-0.3, -0.25) is 9.59 Å². The standard InChI is InChI=1S/C31H34Cl2N2O2/c1-21-12-13-24(16-22(21)2)19-30(36)35(20-25-14-15-27(32)28(33)17-25)29(18-23-8-4-3-5-9-23)31(37)34-26-10-6-7-11-26/h3-5,8-9,12-17,26,29H,6-7,10-11,18-20H2,1-2H3,(H,34,37)/t29-/m0/s1. The van der Waals surface area contributed by atoms with Crippen LogP contribution in [0.1, 0.15) is 53.5 Å². The maximum atomic E-state index is 13.9. The van der Waals surface area contributed by atoms with Gasteiger partial charge in [-0.2, -0.15) is 0 Å². The Balaban J connectivity index is 1.68. The molecule has 3 aromatic rings. The molecule has 0 saturated heterocycles. The second-order valence-electron chi connectivity index (χ2n) is 10.1. The topological polar surface area (TPSA) is 49.4 Å². The summed E-state index contributed by atoms with van der Waals surface area (Å²) < 4.78 is 0. The van der Waals surface area contributed by atoms with Gasteiger partial charge in [0, 0.05) is 19.0 Å². The highest BCUT2D eigenvalue weighted by Gasteiger charge is 2.32. The summed E-state index contributed by atoms with van der Waals surface area (Å²) in [4.78, 5) is 29.4. The summed E-state index contributed by atoms with van der Waals surface area (Å²) in [5, 5.41) is 4.12. The van der Waals surface area contributed by atoms with Gasteiger partial charge < -0.3 is 10.2 Å². The van der Waals surface area contributed by atoms with E-state index in [1.54, 1.807) is 17.0 Å². The molecule has 37 heavy (non-hydrogen) atoms. The van der Waals surface area contributed by atoms with Crippen molar-refractivity contribution < 1.29 is 9.59 Å². The molecule has 1 aliphatic rings. The lowest BCUT2D eigenvalue weighted by atomic mass is 10.00. The van der Waals surface area contributed by atoms with Crippen molar-refractivity contribution in [2.75, 3.05) is 0 Å². The van der Waals surface area contributed by atoms with Crippen molar-refractivity contribution in [3.63, 3.8) is 0 Å². The maximum absolute atomic E-state index is 13.9. The second kappa shape index (κ2) is 12.6. The number of carbonyl (C=O) groups excluding carboxylic acids is 2. The van der Waals surface area contributed by atoms with Crippen LogP contribution in [0.4, 0.5) is 0 Å². The Kier molecular flexibility index (Phi) is 9.28. The van der Waals surface area contributed by atoms with Crippen molar-refractivity contribution >= 4 is 35.0 Å². The fraction of sp³-hybridized carbons (Fsp3) is 0.355. The Morgan fingerprint density at radius 2 is 1.57 bits per heavy atom. The molecule has 0 unspecified atom stereocenters. The van der Waals surface area contributed by atoms with Crippen molar-refractivity contribution in [3.8, 4) is 0 Å². The van der Waals surface area contributed by atoms with Gasteiger partial charge in [0.1, 0.15) is 6.04 Å². The lowest BCUT2D eigenvalue weighted by molar-refractivity contribution is -0.141. The molecule has 6 heteroatoms. The largest absolute Gasteiger partial charge is 0.352 e. The molecule has 0 spiro atoms.